The molecule has 1 aromatic carbocycles. The zero-order chi connectivity index (χ0) is 17.8. The summed E-state index contributed by atoms with van der Waals surface area (Å²) >= 11 is 0. The number of para-hydroxylation sites is 1. The summed E-state index contributed by atoms with van der Waals surface area (Å²) in [6.45, 7) is 2.91. The van der Waals surface area contributed by atoms with Crippen LogP contribution in [-0.4, -0.2) is 24.2 Å². The first-order valence-corrected chi connectivity index (χ1v) is 9.03. The van der Waals surface area contributed by atoms with Gasteiger partial charge in [0.25, 0.3) is 0 Å². The molecule has 0 saturated heterocycles. The number of ether oxygens (including phenoxy) is 2. The van der Waals surface area contributed by atoms with Crippen molar-refractivity contribution < 1.29 is 18.8 Å². The fraction of sp³-hybridized carbons (Fsp3) is 0.333. The molecule has 0 saturated carbocycles. The molecule has 0 fully saturated rings. The smallest absolute Gasteiger partial charge is 0.337 e. The maximum absolute atomic E-state index is 12.3. The Morgan fingerprint density at radius 1 is 1.26 bits per heavy atom. The number of nitrogens with one attached hydrogen (secondary N) is 1. The van der Waals surface area contributed by atoms with E-state index >= 15 is 0 Å². The second-order valence-corrected chi connectivity index (χ2v) is 7.25. The maximum Gasteiger partial charge on any atom is 0.337 e. The number of hydrogen-bond donors (Lipinski definition) is 1. The highest BCUT2D eigenvalue weighted by Crippen LogP contribution is 2.38. The van der Waals surface area contributed by atoms with Gasteiger partial charge in [0.1, 0.15) is 11.6 Å². The molecule has 2 aliphatic rings. The van der Waals surface area contributed by atoms with Crippen LogP contribution in [0.3, 0.4) is 0 Å². The van der Waals surface area contributed by atoms with Crippen molar-refractivity contribution in [2.75, 3.05) is 7.11 Å². The van der Waals surface area contributed by atoms with Crippen LogP contribution >= 0.6 is 12.4 Å². The van der Waals surface area contributed by atoms with Crippen molar-refractivity contribution in [1.82, 2.24) is 4.98 Å². The molecule has 5 rings (SSSR count). The molecule has 0 unspecified atom stereocenters. The van der Waals surface area contributed by atoms with Crippen LogP contribution in [0.25, 0.3) is 21.8 Å². The quantitative estimate of drug-likeness (QED) is 0.516. The second-order valence-electron chi connectivity index (χ2n) is 7.25. The van der Waals surface area contributed by atoms with E-state index in [9.17, 15) is 4.79 Å². The van der Waals surface area contributed by atoms with Crippen molar-refractivity contribution in [3.05, 3.63) is 54.1 Å². The van der Waals surface area contributed by atoms with Gasteiger partial charge >= 0.3 is 5.97 Å². The summed E-state index contributed by atoms with van der Waals surface area (Å²) in [6, 6.07) is 10.5. The van der Waals surface area contributed by atoms with E-state index in [2.05, 4.69) is 46.9 Å². The number of methoxy groups -OCH3 is 1. The number of esters is 1. The summed E-state index contributed by atoms with van der Waals surface area (Å²) < 4.78 is 13.0. The van der Waals surface area contributed by atoms with Gasteiger partial charge in [-0.25, -0.2) is 9.36 Å². The molecule has 5 nitrogen and oxygen atoms in total. The Morgan fingerprint density at radius 3 is 2.89 bits per heavy atom. The van der Waals surface area contributed by atoms with Gasteiger partial charge in [0.05, 0.1) is 24.9 Å². The third-order valence-corrected chi connectivity index (χ3v) is 5.97. The van der Waals surface area contributed by atoms with Crippen molar-refractivity contribution in [2.24, 2.45) is 11.8 Å². The van der Waals surface area contributed by atoms with Crippen molar-refractivity contribution in [2.45, 2.75) is 26.0 Å². The minimum atomic E-state index is -0.288. The van der Waals surface area contributed by atoms with Crippen LogP contribution in [0, 0.1) is 11.8 Å². The molecule has 2 aliphatic heterocycles. The van der Waals surface area contributed by atoms with E-state index in [1.807, 2.05) is 6.07 Å². The SMILES string of the molecule is COC(=O)C1=CO[C@@H](C)[C@@H]2C[n+]3ccc4c([nH]c5ccccc54)c3C[C@H]12.Cl. The Bertz CT molecular complexity index is 1070. The molecule has 2 aromatic heterocycles. The second kappa shape index (κ2) is 6.57. The van der Waals surface area contributed by atoms with Gasteiger partial charge in [0, 0.05) is 34.7 Å². The maximum atomic E-state index is 12.3. The van der Waals surface area contributed by atoms with Crippen LogP contribution < -0.4 is 4.57 Å². The number of H-pyrrole nitrogens is 1. The van der Waals surface area contributed by atoms with Gasteiger partial charge in [-0.15, -0.1) is 12.4 Å². The van der Waals surface area contributed by atoms with E-state index in [1.54, 1.807) is 6.26 Å². The fourth-order valence-corrected chi connectivity index (χ4v) is 4.57. The summed E-state index contributed by atoms with van der Waals surface area (Å²) in [5.41, 5.74) is 4.19. The number of halogens is 1. The third kappa shape index (κ3) is 2.60. The molecule has 3 aromatic rings. The first-order chi connectivity index (χ1) is 12.7. The molecule has 1 N–H and O–H groups in total. The molecule has 6 heteroatoms. The molecule has 0 amide bonds. The Balaban J connectivity index is 0.00000180. The number of rotatable bonds is 1. The highest BCUT2D eigenvalue weighted by molar-refractivity contribution is 6.07. The molecule has 140 valence electrons. The lowest BCUT2D eigenvalue weighted by atomic mass is 9.76. The summed E-state index contributed by atoms with van der Waals surface area (Å²) in [7, 11) is 1.43. The number of hydrogen-bond acceptors (Lipinski definition) is 3. The van der Waals surface area contributed by atoms with E-state index in [0.29, 0.717) is 5.57 Å². The van der Waals surface area contributed by atoms with E-state index in [4.69, 9.17) is 9.47 Å². The van der Waals surface area contributed by atoms with Crippen LogP contribution in [0.2, 0.25) is 0 Å². The van der Waals surface area contributed by atoms with E-state index in [0.717, 1.165) is 24.0 Å². The Labute approximate surface area is 163 Å². The number of nitrogens with zero attached hydrogens (tertiary/aromatic N) is 1. The molecule has 4 heterocycles. The first kappa shape index (κ1) is 17.9. The van der Waals surface area contributed by atoms with Gasteiger partial charge in [-0.05, 0) is 13.0 Å². The zero-order valence-corrected chi connectivity index (χ0v) is 16.1. The molecular weight excluding hydrogens is 364 g/mol. The normalized spacial score (nSPS) is 23.6. The minimum absolute atomic E-state index is 0. The van der Waals surface area contributed by atoms with Crippen LogP contribution in [0.5, 0.6) is 0 Å². The van der Waals surface area contributed by atoms with Crippen LogP contribution in [-0.2, 0) is 27.2 Å². The lowest BCUT2D eigenvalue weighted by molar-refractivity contribution is -0.717. The predicted molar refractivity (Wildman–Crippen MR) is 105 cm³/mol. The van der Waals surface area contributed by atoms with Crippen molar-refractivity contribution >= 4 is 40.2 Å². The number of fused-ring (bicyclic) bond motifs is 6. The van der Waals surface area contributed by atoms with Gasteiger partial charge in [-0.3, -0.25) is 0 Å². The fourth-order valence-electron chi connectivity index (χ4n) is 4.57. The van der Waals surface area contributed by atoms with E-state index in [1.165, 1.54) is 23.6 Å². The van der Waals surface area contributed by atoms with E-state index in [-0.39, 0.29) is 36.3 Å². The molecule has 27 heavy (non-hydrogen) atoms. The van der Waals surface area contributed by atoms with Crippen molar-refractivity contribution in [3.63, 3.8) is 0 Å². The molecule has 0 aliphatic carbocycles. The minimum Gasteiger partial charge on any atom is -0.497 e. The van der Waals surface area contributed by atoms with Crippen LogP contribution in [0.15, 0.2) is 48.4 Å². The summed E-state index contributed by atoms with van der Waals surface area (Å²) in [6.07, 6.45) is 4.64. The summed E-state index contributed by atoms with van der Waals surface area (Å²) in [5, 5.41) is 2.46. The highest BCUT2D eigenvalue weighted by Gasteiger charge is 2.45. The van der Waals surface area contributed by atoms with Gasteiger partial charge in [0.2, 0.25) is 5.69 Å². The van der Waals surface area contributed by atoms with Crippen LogP contribution in [0.1, 0.15) is 12.6 Å². The number of carbonyl (C=O) groups is 1. The largest absolute Gasteiger partial charge is 0.497 e. The Morgan fingerprint density at radius 2 is 2.07 bits per heavy atom. The molecule has 0 spiro atoms. The molecule has 0 radical (unpaired) electrons. The van der Waals surface area contributed by atoms with E-state index < -0.39 is 0 Å². The van der Waals surface area contributed by atoms with Crippen LogP contribution in [0.4, 0.5) is 0 Å². The summed E-state index contributed by atoms with van der Waals surface area (Å²) in [5.74, 6) is 0.0841. The Hall–Kier alpha value is -2.53. The van der Waals surface area contributed by atoms with Gasteiger partial charge in [-0.2, -0.15) is 0 Å². The number of aromatic nitrogens is 2. The lowest BCUT2D eigenvalue weighted by Crippen LogP contribution is -2.53. The number of carbonyl (C=O) groups excluding carboxylic acids is 1. The standard InChI is InChI=1S/C21H20N2O3.ClH/c1-12-16-10-23-8-7-14-13-5-3-4-6-18(13)22-20(14)19(23)9-15(16)17(11-26-12)21(24)25-2;/h3-8,11-12,15-16H,9-10H2,1-2H3;1H/p+1/t12-,15-,16-;/m0./s1. The van der Waals surface area contributed by atoms with Crippen molar-refractivity contribution in [3.8, 4) is 0 Å². The van der Waals surface area contributed by atoms with Gasteiger partial charge < -0.3 is 14.5 Å². The first-order valence-electron chi connectivity index (χ1n) is 9.03. The predicted octanol–water partition coefficient (Wildman–Crippen LogP) is 3.29. The third-order valence-electron chi connectivity index (χ3n) is 5.97. The number of aromatic amines is 1. The van der Waals surface area contributed by atoms with Crippen molar-refractivity contribution in [1.29, 1.82) is 0 Å². The molecule has 0 bridgehead atoms. The highest BCUT2D eigenvalue weighted by atomic mass is 35.5. The average Bonchev–Trinajstić information content (AvgIpc) is 3.06. The monoisotopic (exact) mass is 385 g/mol. The number of pyridine rings is 1. The Kier molecular flexibility index (Phi) is 4.35. The lowest BCUT2D eigenvalue weighted by Gasteiger charge is -2.36. The zero-order valence-electron chi connectivity index (χ0n) is 15.3. The molecule has 3 atom stereocenters. The summed E-state index contributed by atoms with van der Waals surface area (Å²) in [4.78, 5) is 15.8. The topological polar surface area (TPSA) is 55.2 Å². The number of benzene rings is 1. The molecular formula is C21H22ClN2O3+. The van der Waals surface area contributed by atoms with Gasteiger partial charge in [0.15, 0.2) is 12.7 Å². The average molecular weight is 386 g/mol. The van der Waals surface area contributed by atoms with Gasteiger partial charge in [-0.1, -0.05) is 18.2 Å².